The lowest BCUT2D eigenvalue weighted by Crippen LogP contribution is -2.32. The molecule has 134 valence electrons. The van der Waals surface area contributed by atoms with Gasteiger partial charge in [0.1, 0.15) is 5.75 Å². The van der Waals surface area contributed by atoms with E-state index in [0.717, 1.165) is 22.6 Å². The van der Waals surface area contributed by atoms with E-state index in [1.807, 2.05) is 56.3 Å². The van der Waals surface area contributed by atoms with Crippen LogP contribution in [0.5, 0.6) is 5.75 Å². The fourth-order valence-corrected chi connectivity index (χ4v) is 2.99. The van der Waals surface area contributed by atoms with E-state index in [9.17, 15) is 4.79 Å². The first-order chi connectivity index (χ1) is 12.6. The lowest BCUT2D eigenvalue weighted by Gasteiger charge is -2.13. The fraction of sp³-hybridized carbons (Fsp3) is 0.227. The van der Waals surface area contributed by atoms with Crippen LogP contribution in [0.2, 0.25) is 0 Å². The summed E-state index contributed by atoms with van der Waals surface area (Å²) in [5.74, 6) is 0.670. The molecule has 0 atom stereocenters. The van der Waals surface area contributed by atoms with Crippen molar-refractivity contribution in [1.82, 2.24) is 5.32 Å². The van der Waals surface area contributed by atoms with Crippen molar-refractivity contribution in [2.24, 2.45) is 0 Å². The van der Waals surface area contributed by atoms with Gasteiger partial charge in [-0.3, -0.25) is 4.79 Å². The molecule has 0 aliphatic carbocycles. The highest BCUT2D eigenvalue weighted by Crippen LogP contribution is 2.23. The van der Waals surface area contributed by atoms with Gasteiger partial charge in [-0.2, -0.15) is 0 Å². The molecule has 0 saturated heterocycles. The van der Waals surface area contributed by atoms with Crippen LogP contribution in [0.4, 0.5) is 5.69 Å². The van der Waals surface area contributed by atoms with Gasteiger partial charge in [0.05, 0.1) is 0 Å². The molecule has 0 fully saturated rings. The summed E-state index contributed by atoms with van der Waals surface area (Å²) in [6.45, 7) is 5.18. The van der Waals surface area contributed by atoms with Crippen molar-refractivity contribution in [1.29, 1.82) is 0 Å². The molecule has 3 aromatic rings. The summed E-state index contributed by atoms with van der Waals surface area (Å²) in [5.41, 5.74) is 3.15. The molecule has 0 radical (unpaired) electrons. The normalized spacial score (nSPS) is 10.5. The molecule has 4 nitrogen and oxygen atoms in total. The maximum absolute atomic E-state index is 12.0. The summed E-state index contributed by atoms with van der Waals surface area (Å²) in [6, 6.07) is 20.4. The number of ether oxygens (including phenoxy) is 1. The van der Waals surface area contributed by atoms with Gasteiger partial charge in [-0.05, 0) is 36.4 Å². The molecule has 0 aliphatic rings. The minimum atomic E-state index is -0.118. The Morgan fingerprint density at radius 1 is 0.885 bits per heavy atom. The molecule has 26 heavy (non-hydrogen) atoms. The Kier molecular flexibility index (Phi) is 5.74. The highest BCUT2D eigenvalue weighted by Gasteiger charge is 2.07. The lowest BCUT2D eigenvalue weighted by atomic mass is 10.1. The average molecular weight is 348 g/mol. The van der Waals surface area contributed by atoms with Gasteiger partial charge in [0.25, 0.3) is 5.91 Å². The molecule has 3 aromatic carbocycles. The molecule has 0 unspecified atom stereocenters. The number of hydrogen-bond donors (Lipinski definition) is 2. The number of amides is 1. The first kappa shape index (κ1) is 17.8. The SMILES string of the molecule is Cc1cccc(C)c1OCC(=O)NCCNc1cccc2ccccc12. The van der Waals surface area contributed by atoms with E-state index in [-0.39, 0.29) is 12.5 Å². The number of nitrogens with one attached hydrogen (secondary N) is 2. The highest BCUT2D eigenvalue weighted by atomic mass is 16.5. The van der Waals surface area contributed by atoms with Crippen LogP contribution in [-0.2, 0) is 4.79 Å². The minimum Gasteiger partial charge on any atom is -0.483 e. The fourth-order valence-electron chi connectivity index (χ4n) is 2.99. The molecule has 3 rings (SSSR count). The van der Waals surface area contributed by atoms with Crippen molar-refractivity contribution >= 4 is 22.4 Å². The molecular weight excluding hydrogens is 324 g/mol. The first-order valence-corrected chi connectivity index (χ1v) is 8.82. The average Bonchev–Trinajstić information content (AvgIpc) is 2.65. The Balaban J connectivity index is 1.45. The Morgan fingerprint density at radius 3 is 2.38 bits per heavy atom. The Bertz CT molecular complexity index is 880. The number of hydrogen-bond acceptors (Lipinski definition) is 3. The van der Waals surface area contributed by atoms with Crippen LogP contribution in [-0.4, -0.2) is 25.6 Å². The van der Waals surface area contributed by atoms with Crippen LogP contribution in [0, 0.1) is 13.8 Å². The van der Waals surface area contributed by atoms with Gasteiger partial charge in [-0.1, -0.05) is 54.6 Å². The summed E-state index contributed by atoms with van der Waals surface area (Å²) in [5, 5.41) is 8.64. The van der Waals surface area contributed by atoms with Crippen LogP contribution < -0.4 is 15.4 Å². The van der Waals surface area contributed by atoms with Gasteiger partial charge in [0.2, 0.25) is 0 Å². The van der Waals surface area contributed by atoms with Crippen LogP contribution in [0.3, 0.4) is 0 Å². The topological polar surface area (TPSA) is 50.4 Å². The third-order valence-electron chi connectivity index (χ3n) is 4.31. The smallest absolute Gasteiger partial charge is 0.258 e. The molecule has 0 saturated carbocycles. The largest absolute Gasteiger partial charge is 0.483 e. The maximum atomic E-state index is 12.0. The number of rotatable bonds is 7. The molecule has 0 bridgehead atoms. The van der Waals surface area contributed by atoms with E-state index in [1.165, 1.54) is 10.8 Å². The summed E-state index contributed by atoms with van der Waals surface area (Å²) in [4.78, 5) is 12.0. The number of para-hydroxylation sites is 1. The first-order valence-electron chi connectivity index (χ1n) is 8.82. The summed E-state index contributed by atoms with van der Waals surface area (Å²) in [6.07, 6.45) is 0. The number of aryl methyl sites for hydroxylation is 2. The second kappa shape index (κ2) is 8.39. The predicted molar refractivity (Wildman–Crippen MR) is 107 cm³/mol. The lowest BCUT2D eigenvalue weighted by molar-refractivity contribution is -0.123. The minimum absolute atomic E-state index is 0.0277. The Morgan fingerprint density at radius 2 is 1.58 bits per heavy atom. The van der Waals surface area contributed by atoms with Gasteiger partial charge in [-0.15, -0.1) is 0 Å². The van der Waals surface area contributed by atoms with Crippen LogP contribution in [0.15, 0.2) is 60.7 Å². The number of benzene rings is 3. The zero-order chi connectivity index (χ0) is 18.4. The second-order valence-electron chi connectivity index (χ2n) is 6.31. The van der Waals surface area contributed by atoms with Crippen LogP contribution >= 0.6 is 0 Å². The van der Waals surface area contributed by atoms with Crippen molar-refractivity contribution in [3.63, 3.8) is 0 Å². The molecule has 0 aromatic heterocycles. The van der Waals surface area contributed by atoms with Crippen molar-refractivity contribution in [2.75, 3.05) is 25.0 Å². The summed E-state index contributed by atoms with van der Waals surface area (Å²) in [7, 11) is 0. The van der Waals surface area contributed by atoms with Gasteiger partial charge in [-0.25, -0.2) is 0 Å². The van der Waals surface area contributed by atoms with E-state index in [1.54, 1.807) is 0 Å². The van der Waals surface area contributed by atoms with E-state index < -0.39 is 0 Å². The number of anilines is 1. The molecule has 0 spiro atoms. The molecule has 0 heterocycles. The van der Waals surface area contributed by atoms with E-state index in [4.69, 9.17) is 4.74 Å². The zero-order valence-corrected chi connectivity index (χ0v) is 15.2. The van der Waals surface area contributed by atoms with Gasteiger partial charge >= 0.3 is 0 Å². The molecule has 0 aliphatic heterocycles. The maximum Gasteiger partial charge on any atom is 0.258 e. The second-order valence-corrected chi connectivity index (χ2v) is 6.31. The Labute approximate surface area is 154 Å². The van der Waals surface area contributed by atoms with E-state index >= 15 is 0 Å². The van der Waals surface area contributed by atoms with Crippen molar-refractivity contribution in [3.8, 4) is 5.75 Å². The number of carbonyl (C=O) groups excluding carboxylic acids is 1. The number of carbonyl (C=O) groups is 1. The molecule has 2 N–H and O–H groups in total. The highest BCUT2D eigenvalue weighted by molar-refractivity contribution is 5.93. The molecular formula is C22H24N2O2. The van der Waals surface area contributed by atoms with Crippen LogP contribution in [0.1, 0.15) is 11.1 Å². The van der Waals surface area contributed by atoms with Crippen molar-refractivity contribution < 1.29 is 9.53 Å². The van der Waals surface area contributed by atoms with Crippen molar-refractivity contribution in [3.05, 3.63) is 71.8 Å². The summed E-state index contributed by atoms with van der Waals surface area (Å²) < 4.78 is 5.67. The predicted octanol–water partition coefficient (Wildman–Crippen LogP) is 4.06. The van der Waals surface area contributed by atoms with Gasteiger partial charge in [0, 0.05) is 24.2 Å². The third kappa shape index (κ3) is 4.33. The standard InChI is InChI=1S/C22H24N2O2/c1-16-7-5-8-17(2)22(16)26-15-21(25)24-14-13-23-20-12-6-10-18-9-3-4-11-19(18)20/h3-12,23H,13-15H2,1-2H3,(H,24,25). The number of fused-ring (bicyclic) bond motifs is 1. The van der Waals surface area contributed by atoms with E-state index in [2.05, 4.69) is 28.8 Å². The van der Waals surface area contributed by atoms with E-state index in [0.29, 0.717) is 13.1 Å². The zero-order valence-electron chi connectivity index (χ0n) is 15.2. The molecule has 4 heteroatoms. The quantitative estimate of drug-likeness (QED) is 0.633. The monoisotopic (exact) mass is 348 g/mol. The Hall–Kier alpha value is -3.01. The van der Waals surface area contributed by atoms with Gasteiger partial charge in [0.15, 0.2) is 6.61 Å². The summed E-state index contributed by atoms with van der Waals surface area (Å²) >= 11 is 0. The van der Waals surface area contributed by atoms with Gasteiger partial charge < -0.3 is 15.4 Å². The molecule has 1 amide bonds. The van der Waals surface area contributed by atoms with Crippen LogP contribution in [0.25, 0.3) is 10.8 Å². The third-order valence-corrected chi connectivity index (χ3v) is 4.31. The van der Waals surface area contributed by atoms with Crippen molar-refractivity contribution in [2.45, 2.75) is 13.8 Å².